The molecule has 0 unspecified atom stereocenters. The number of methoxy groups -OCH3 is 2. The number of benzene rings is 2. The van der Waals surface area contributed by atoms with Crippen LogP contribution in [0.2, 0.25) is 0 Å². The van der Waals surface area contributed by atoms with Crippen molar-refractivity contribution in [1.82, 2.24) is 9.62 Å². The summed E-state index contributed by atoms with van der Waals surface area (Å²) in [6.45, 7) is 1.12. The van der Waals surface area contributed by atoms with Gasteiger partial charge in [-0.1, -0.05) is 6.07 Å². The van der Waals surface area contributed by atoms with Gasteiger partial charge in [-0.25, -0.2) is 12.8 Å². The number of amides is 1. The Morgan fingerprint density at radius 3 is 2.43 bits per heavy atom. The zero-order valence-electron chi connectivity index (χ0n) is 17.0. The van der Waals surface area contributed by atoms with E-state index in [1.807, 2.05) is 6.07 Å². The molecule has 30 heavy (non-hydrogen) atoms. The summed E-state index contributed by atoms with van der Waals surface area (Å²) >= 11 is 0. The number of hydrogen-bond donors (Lipinski definition) is 1. The minimum Gasteiger partial charge on any atom is -0.493 e. The summed E-state index contributed by atoms with van der Waals surface area (Å²) in [5.41, 5.74) is 0.612. The van der Waals surface area contributed by atoms with Crippen molar-refractivity contribution in [2.75, 3.05) is 33.9 Å². The highest BCUT2D eigenvalue weighted by Gasteiger charge is 2.28. The normalized spacial score (nSPS) is 14.5. The smallest absolute Gasteiger partial charge is 0.254 e. The number of nitrogens with zero attached hydrogens (tertiary/aromatic N) is 1. The molecule has 0 aromatic heterocycles. The Bertz CT molecular complexity index is 1020. The van der Waals surface area contributed by atoms with Crippen LogP contribution in [0.1, 0.15) is 28.8 Å². The van der Waals surface area contributed by atoms with Gasteiger partial charge >= 0.3 is 0 Å². The van der Waals surface area contributed by atoms with E-state index in [1.165, 1.54) is 17.5 Å². The van der Waals surface area contributed by atoms with Crippen LogP contribution in [-0.2, 0) is 16.4 Å². The fourth-order valence-electron chi connectivity index (χ4n) is 3.37. The van der Waals surface area contributed by atoms with Crippen LogP contribution in [0.15, 0.2) is 41.3 Å². The van der Waals surface area contributed by atoms with E-state index < -0.39 is 21.7 Å². The molecule has 0 aliphatic carbocycles. The van der Waals surface area contributed by atoms with E-state index in [0.717, 1.165) is 30.5 Å². The molecule has 1 fully saturated rings. The van der Waals surface area contributed by atoms with Gasteiger partial charge in [-0.2, -0.15) is 4.31 Å². The van der Waals surface area contributed by atoms with Crippen LogP contribution < -0.4 is 14.8 Å². The summed E-state index contributed by atoms with van der Waals surface area (Å²) < 4.78 is 51.4. The summed E-state index contributed by atoms with van der Waals surface area (Å²) in [7, 11) is -0.645. The molecular formula is C21H25FN2O5S. The number of sulfonamides is 1. The molecule has 1 aliphatic rings. The molecule has 3 rings (SSSR count). The molecule has 7 nitrogen and oxygen atoms in total. The Labute approximate surface area is 175 Å². The van der Waals surface area contributed by atoms with Crippen LogP contribution in [0, 0.1) is 5.82 Å². The van der Waals surface area contributed by atoms with Gasteiger partial charge in [0.1, 0.15) is 5.82 Å². The zero-order valence-corrected chi connectivity index (χ0v) is 17.8. The van der Waals surface area contributed by atoms with Crippen LogP contribution in [0.25, 0.3) is 0 Å². The molecule has 2 aromatic rings. The van der Waals surface area contributed by atoms with Crippen molar-refractivity contribution in [2.45, 2.75) is 24.2 Å². The lowest BCUT2D eigenvalue weighted by molar-refractivity contribution is 0.0950. The van der Waals surface area contributed by atoms with E-state index in [0.29, 0.717) is 31.0 Å². The van der Waals surface area contributed by atoms with Crippen LogP contribution in [-0.4, -0.2) is 52.5 Å². The topological polar surface area (TPSA) is 84.9 Å². The molecule has 0 saturated carbocycles. The van der Waals surface area contributed by atoms with E-state index in [9.17, 15) is 17.6 Å². The van der Waals surface area contributed by atoms with Crippen molar-refractivity contribution in [3.8, 4) is 11.5 Å². The molecule has 162 valence electrons. The van der Waals surface area contributed by atoms with Crippen molar-refractivity contribution in [3.63, 3.8) is 0 Å². The number of halogens is 1. The molecular weight excluding hydrogens is 411 g/mol. The van der Waals surface area contributed by atoms with Crippen molar-refractivity contribution < 1.29 is 27.1 Å². The number of carbonyl (C=O) groups is 1. The molecule has 2 aromatic carbocycles. The third-order valence-corrected chi connectivity index (χ3v) is 6.93. The number of ether oxygens (including phenoxy) is 2. The standard InChI is InChI=1S/C21H25FN2O5S/c1-28-19-8-5-15(13-20(19)29-2)9-10-23-21(25)17-14-16(6-7-18(17)22)30(26,27)24-11-3-4-12-24/h5-8,13-14H,3-4,9-12H2,1-2H3,(H,23,25). The second-order valence-corrected chi connectivity index (χ2v) is 8.89. The maximum absolute atomic E-state index is 14.2. The maximum Gasteiger partial charge on any atom is 0.254 e. The second-order valence-electron chi connectivity index (χ2n) is 6.95. The van der Waals surface area contributed by atoms with E-state index >= 15 is 0 Å². The van der Waals surface area contributed by atoms with Crippen LogP contribution in [0.4, 0.5) is 4.39 Å². The molecule has 0 bridgehead atoms. The fourth-order valence-corrected chi connectivity index (χ4v) is 4.91. The Morgan fingerprint density at radius 2 is 1.77 bits per heavy atom. The van der Waals surface area contributed by atoms with Crippen molar-refractivity contribution in [3.05, 3.63) is 53.3 Å². The molecule has 0 spiro atoms. The molecule has 1 heterocycles. The van der Waals surface area contributed by atoms with E-state index in [1.54, 1.807) is 19.2 Å². The molecule has 1 saturated heterocycles. The first-order chi connectivity index (χ1) is 14.4. The monoisotopic (exact) mass is 436 g/mol. The average Bonchev–Trinajstić information content (AvgIpc) is 3.29. The van der Waals surface area contributed by atoms with Crippen LogP contribution >= 0.6 is 0 Å². The van der Waals surface area contributed by atoms with Crippen LogP contribution in [0.5, 0.6) is 11.5 Å². The molecule has 1 aliphatic heterocycles. The summed E-state index contributed by atoms with van der Waals surface area (Å²) in [5.74, 6) is -0.249. The molecule has 9 heteroatoms. The molecule has 0 atom stereocenters. The third kappa shape index (κ3) is 4.73. The van der Waals surface area contributed by atoms with E-state index in [2.05, 4.69) is 5.32 Å². The zero-order chi connectivity index (χ0) is 21.7. The quantitative estimate of drug-likeness (QED) is 0.688. The highest BCUT2D eigenvalue weighted by atomic mass is 32.2. The number of hydrogen-bond acceptors (Lipinski definition) is 5. The maximum atomic E-state index is 14.2. The van der Waals surface area contributed by atoms with Gasteiger partial charge in [0.15, 0.2) is 11.5 Å². The predicted molar refractivity (Wildman–Crippen MR) is 110 cm³/mol. The third-order valence-electron chi connectivity index (χ3n) is 5.03. The van der Waals surface area contributed by atoms with Gasteiger partial charge < -0.3 is 14.8 Å². The Hall–Kier alpha value is -2.65. The SMILES string of the molecule is COc1ccc(CCNC(=O)c2cc(S(=O)(=O)N3CCCC3)ccc2F)cc1OC. The van der Waals surface area contributed by atoms with Gasteiger partial charge in [0, 0.05) is 19.6 Å². The summed E-state index contributed by atoms with van der Waals surface area (Å²) in [6.07, 6.45) is 2.08. The lowest BCUT2D eigenvalue weighted by atomic mass is 10.1. The molecule has 1 amide bonds. The first-order valence-corrected chi connectivity index (χ1v) is 11.1. The van der Waals surface area contributed by atoms with E-state index in [4.69, 9.17) is 9.47 Å². The van der Waals surface area contributed by atoms with Crippen molar-refractivity contribution in [1.29, 1.82) is 0 Å². The number of carbonyl (C=O) groups excluding carboxylic acids is 1. The highest BCUT2D eigenvalue weighted by molar-refractivity contribution is 7.89. The van der Waals surface area contributed by atoms with Crippen molar-refractivity contribution in [2.24, 2.45) is 0 Å². The number of rotatable bonds is 8. The first kappa shape index (κ1) is 22.0. The Morgan fingerprint density at radius 1 is 1.07 bits per heavy atom. The highest BCUT2D eigenvalue weighted by Crippen LogP contribution is 2.27. The van der Waals surface area contributed by atoms with Gasteiger partial charge in [0.05, 0.1) is 24.7 Å². The van der Waals surface area contributed by atoms with Gasteiger partial charge in [-0.05, 0) is 55.2 Å². The first-order valence-electron chi connectivity index (χ1n) is 9.65. The minimum absolute atomic E-state index is 0.0733. The van der Waals surface area contributed by atoms with Crippen LogP contribution in [0.3, 0.4) is 0 Å². The lowest BCUT2D eigenvalue weighted by Crippen LogP contribution is -2.29. The molecule has 1 N–H and O–H groups in total. The fraction of sp³-hybridized carbons (Fsp3) is 0.381. The Kier molecular flexibility index (Phi) is 6.94. The van der Waals surface area contributed by atoms with E-state index in [-0.39, 0.29) is 17.0 Å². The summed E-state index contributed by atoms with van der Waals surface area (Å²) in [5, 5.41) is 2.64. The van der Waals surface area contributed by atoms with Crippen molar-refractivity contribution >= 4 is 15.9 Å². The summed E-state index contributed by atoms with van der Waals surface area (Å²) in [4.78, 5) is 12.4. The van der Waals surface area contributed by atoms with Gasteiger partial charge in [-0.3, -0.25) is 4.79 Å². The summed E-state index contributed by atoms with van der Waals surface area (Å²) in [6, 6.07) is 8.73. The Balaban J connectivity index is 1.68. The molecule has 0 radical (unpaired) electrons. The number of nitrogens with one attached hydrogen (secondary N) is 1. The largest absolute Gasteiger partial charge is 0.493 e. The average molecular weight is 437 g/mol. The van der Waals surface area contributed by atoms with Gasteiger partial charge in [-0.15, -0.1) is 0 Å². The van der Waals surface area contributed by atoms with Gasteiger partial charge in [0.25, 0.3) is 5.91 Å². The predicted octanol–water partition coefficient (Wildman–Crippen LogP) is 2.60. The lowest BCUT2D eigenvalue weighted by Gasteiger charge is -2.16. The van der Waals surface area contributed by atoms with Gasteiger partial charge in [0.2, 0.25) is 10.0 Å². The minimum atomic E-state index is -3.73. The second kappa shape index (κ2) is 9.44.